The average molecular weight is 316 g/mol. The molecule has 0 aliphatic rings. The van der Waals surface area contributed by atoms with E-state index in [-0.39, 0.29) is 6.79 Å². The molecule has 0 radical (unpaired) electrons. The van der Waals surface area contributed by atoms with Gasteiger partial charge >= 0.3 is 5.95 Å². The second-order valence-electron chi connectivity index (χ2n) is 5.26. The number of allylic oxidation sites excluding steroid dienone is 1. The Balaban J connectivity index is 4.21. The van der Waals surface area contributed by atoms with E-state index in [9.17, 15) is 0 Å². The number of hydrogen-bond acceptors (Lipinski definition) is 4. The van der Waals surface area contributed by atoms with Crippen molar-refractivity contribution < 1.29 is 18.9 Å². The first-order valence-electron chi connectivity index (χ1n) is 8.99. The maximum absolute atomic E-state index is 5.69. The SMILES string of the molecule is CCCCCCOCOC(OCC)=C(CCCCC)OCC. The minimum Gasteiger partial charge on any atom is -0.491 e. The fraction of sp³-hybridized carbons (Fsp3) is 0.889. The average Bonchev–Trinajstić information content (AvgIpc) is 2.52. The van der Waals surface area contributed by atoms with Crippen molar-refractivity contribution in [2.24, 2.45) is 0 Å². The first-order chi connectivity index (χ1) is 10.8. The van der Waals surface area contributed by atoms with Gasteiger partial charge in [0.05, 0.1) is 19.8 Å². The highest BCUT2D eigenvalue weighted by Gasteiger charge is 2.11. The van der Waals surface area contributed by atoms with Crippen LogP contribution >= 0.6 is 0 Å². The van der Waals surface area contributed by atoms with Gasteiger partial charge in [0, 0.05) is 6.42 Å². The number of ether oxygens (including phenoxy) is 4. The van der Waals surface area contributed by atoms with Gasteiger partial charge in [-0.1, -0.05) is 46.0 Å². The molecule has 0 unspecified atom stereocenters. The Morgan fingerprint density at radius 1 is 0.682 bits per heavy atom. The molecule has 22 heavy (non-hydrogen) atoms. The molecule has 0 aromatic carbocycles. The summed E-state index contributed by atoms with van der Waals surface area (Å²) in [6.45, 7) is 10.5. The lowest BCUT2D eigenvalue weighted by Gasteiger charge is -2.16. The molecule has 4 nitrogen and oxygen atoms in total. The molecule has 4 heteroatoms. The van der Waals surface area contributed by atoms with Gasteiger partial charge in [-0.15, -0.1) is 0 Å². The minimum atomic E-state index is 0.228. The van der Waals surface area contributed by atoms with E-state index in [1.54, 1.807) is 0 Å². The Bertz CT molecular complexity index is 264. The molecule has 0 saturated carbocycles. The Hall–Kier alpha value is -0.900. The molecule has 0 atom stereocenters. The lowest BCUT2D eigenvalue weighted by molar-refractivity contribution is -0.0823. The fourth-order valence-electron chi connectivity index (χ4n) is 2.06. The monoisotopic (exact) mass is 316 g/mol. The third-order valence-electron chi connectivity index (χ3n) is 3.24. The van der Waals surface area contributed by atoms with Gasteiger partial charge in [-0.25, -0.2) is 0 Å². The van der Waals surface area contributed by atoms with E-state index in [1.165, 1.54) is 32.1 Å². The van der Waals surface area contributed by atoms with Crippen molar-refractivity contribution in [1.29, 1.82) is 0 Å². The van der Waals surface area contributed by atoms with Gasteiger partial charge in [0.25, 0.3) is 0 Å². The van der Waals surface area contributed by atoms with Crippen LogP contribution in [0.15, 0.2) is 11.7 Å². The summed E-state index contributed by atoms with van der Waals surface area (Å²) < 4.78 is 22.4. The smallest absolute Gasteiger partial charge is 0.321 e. The summed E-state index contributed by atoms with van der Waals surface area (Å²) >= 11 is 0. The minimum absolute atomic E-state index is 0.228. The van der Waals surface area contributed by atoms with Gasteiger partial charge in [0.1, 0.15) is 0 Å². The zero-order chi connectivity index (χ0) is 16.5. The van der Waals surface area contributed by atoms with Crippen molar-refractivity contribution in [2.75, 3.05) is 26.6 Å². The summed E-state index contributed by atoms with van der Waals surface area (Å²) in [5.41, 5.74) is 0. The van der Waals surface area contributed by atoms with E-state index in [2.05, 4.69) is 13.8 Å². The maximum atomic E-state index is 5.69. The van der Waals surface area contributed by atoms with Gasteiger partial charge in [0.15, 0.2) is 12.6 Å². The quantitative estimate of drug-likeness (QED) is 0.218. The number of unbranched alkanes of at least 4 members (excludes halogenated alkanes) is 5. The van der Waals surface area contributed by atoms with E-state index in [1.807, 2.05) is 13.8 Å². The molecule has 0 aromatic rings. The molecule has 0 saturated heterocycles. The Morgan fingerprint density at radius 3 is 2.00 bits per heavy atom. The second kappa shape index (κ2) is 16.5. The molecular formula is C18H36O4. The van der Waals surface area contributed by atoms with Crippen LogP contribution in [0.3, 0.4) is 0 Å². The van der Waals surface area contributed by atoms with Crippen molar-refractivity contribution in [3.63, 3.8) is 0 Å². The third kappa shape index (κ3) is 11.7. The Labute approximate surface area is 137 Å². The van der Waals surface area contributed by atoms with E-state index in [0.717, 1.165) is 31.6 Å². The largest absolute Gasteiger partial charge is 0.491 e. The standard InChI is InChI=1S/C18H36O4/c1-5-9-11-13-15-19-16-22-18(21-8-4)17(20-7-3)14-12-10-6-2/h5-16H2,1-4H3. The van der Waals surface area contributed by atoms with Crippen molar-refractivity contribution in [3.05, 3.63) is 11.7 Å². The van der Waals surface area contributed by atoms with Crippen molar-refractivity contribution in [2.45, 2.75) is 79.1 Å². The van der Waals surface area contributed by atoms with Crippen LogP contribution in [-0.4, -0.2) is 26.6 Å². The zero-order valence-corrected chi connectivity index (χ0v) is 15.1. The van der Waals surface area contributed by atoms with Crippen molar-refractivity contribution >= 4 is 0 Å². The molecule has 0 amide bonds. The topological polar surface area (TPSA) is 36.9 Å². The van der Waals surface area contributed by atoms with Crippen LogP contribution < -0.4 is 0 Å². The molecular weight excluding hydrogens is 280 g/mol. The molecule has 0 aliphatic carbocycles. The lowest BCUT2D eigenvalue weighted by Crippen LogP contribution is -2.09. The molecule has 0 heterocycles. The summed E-state index contributed by atoms with van der Waals surface area (Å²) in [7, 11) is 0. The molecule has 0 aliphatic heterocycles. The molecule has 0 aromatic heterocycles. The van der Waals surface area contributed by atoms with E-state index >= 15 is 0 Å². The van der Waals surface area contributed by atoms with Crippen LogP contribution in [0.2, 0.25) is 0 Å². The molecule has 0 rings (SSSR count). The predicted molar refractivity (Wildman–Crippen MR) is 90.5 cm³/mol. The lowest BCUT2D eigenvalue weighted by atomic mass is 10.2. The Kier molecular flexibility index (Phi) is 15.8. The molecule has 132 valence electrons. The van der Waals surface area contributed by atoms with Crippen LogP contribution in [0.25, 0.3) is 0 Å². The second-order valence-corrected chi connectivity index (χ2v) is 5.26. The fourth-order valence-corrected chi connectivity index (χ4v) is 2.06. The van der Waals surface area contributed by atoms with E-state index in [4.69, 9.17) is 18.9 Å². The Morgan fingerprint density at radius 2 is 1.36 bits per heavy atom. The highest BCUT2D eigenvalue weighted by atomic mass is 16.7. The predicted octanol–water partition coefficient (Wildman–Crippen LogP) is 5.38. The van der Waals surface area contributed by atoms with Gasteiger partial charge < -0.3 is 18.9 Å². The number of rotatable bonds is 16. The maximum Gasteiger partial charge on any atom is 0.321 e. The van der Waals surface area contributed by atoms with Gasteiger partial charge in [0.2, 0.25) is 0 Å². The van der Waals surface area contributed by atoms with Gasteiger partial charge in [-0.2, -0.15) is 0 Å². The van der Waals surface area contributed by atoms with Crippen molar-refractivity contribution in [3.8, 4) is 0 Å². The van der Waals surface area contributed by atoms with Crippen LogP contribution in [0.4, 0.5) is 0 Å². The summed E-state index contributed by atoms with van der Waals surface area (Å²) in [5.74, 6) is 1.31. The van der Waals surface area contributed by atoms with Gasteiger partial charge in [-0.05, 0) is 26.7 Å². The zero-order valence-electron chi connectivity index (χ0n) is 15.1. The first-order valence-corrected chi connectivity index (χ1v) is 8.99. The van der Waals surface area contributed by atoms with Crippen LogP contribution in [-0.2, 0) is 18.9 Å². The van der Waals surface area contributed by atoms with Gasteiger partial charge in [-0.3, -0.25) is 0 Å². The highest BCUT2D eigenvalue weighted by molar-refractivity contribution is 4.95. The summed E-state index contributed by atoms with van der Waals surface area (Å²) in [5, 5.41) is 0. The normalized spacial score (nSPS) is 12.0. The van der Waals surface area contributed by atoms with Crippen LogP contribution in [0.5, 0.6) is 0 Å². The van der Waals surface area contributed by atoms with E-state index in [0.29, 0.717) is 19.2 Å². The third-order valence-corrected chi connectivity index (χ3v) is 3.24. The first kappa shape index (κ1) is 21.1. The summed E-state index contributed by atoms with van der Waals surface area (Å²) in [4.78, 5) is 0. The molecule has 0 N–H and O–H groups in total. The molecule has 0 fully saturated rings. The van der Waals surface area contributed by atoms with E-state index < -0.39 is 0 Å². The highest BCUT2D eigenvalue weighted by Crippen LogP contribution is 2.17. The molecule has 0 bridgehead atoms. The molecule has 0 spiro atoms. The summed E-state index contributed by atoms with van der Waals surface area (Å²) in [6, 6.07) is 0. The van der Waals surface area contributed by atoms with Crippen molar-refractivity contribution in [1.82, 2.24) is 0 Å². The van der Waals surface area contributed by atoms with Crippen LogP contribution in [0, 0.1) is 0 Å². The summed E-state index contributed by atoms with van der Waals surface area (Å²) in [6.07, 6.45) is 9.11. The number of hydrogen-bond donors (Lipinski definition) is 0. The van der Waals surface area contributed by atoms with Crippen LogP contribution in [0.1, 0.15) is 79.1 Å².